The van der Waals surface area contributed by atoms with Gasteiger partial charge in [0.05, 0.1) is 31.7 Å². The standard InChI is InChI=1S/C24H18F6N2O7/c1-12-8-15(39-24(28,29)30)10-19(37-17-7-5-14(9-18(17)35-2)38-23(25,26)27)20(12)21(33)32-13-4-6-16(31-11-13)22(34)36-3/h4-11H,1-3H3,(H,32,33). The Balaban J connectivity index is 2.00. The molecule has 0 radical (unpaired) electrons. The fraction of sp³-hybridized carbons (Fsp3) is 0.208. The number of nitrogens with one attached hydrogen (secondary N) is 1. The largest absolute Gasteiger partial charge is 0.573 e. The molecule has 1 amide bonds. The summed E-state index contributed by atoms with van der Waals surface area (Å²) in [7, 11) is 2.26. The van der Waals surface area contributed by atoms with Crippen molar-refractivity contribution >= 4 is 17.6 Å². The van der Waals surface area contributed by atoms with E-state index in [1.165, 1.54) is 19.1 Å². The summed E-state index contributed by atoms with van der Waals surface area (Å²) in [6.07, 6.45) is -8.93. The maximum absolute atomic E-state index is 13.1. The van der Waals surface area contributed by atoms with Gasteiger partial charge in [-0.2, -0.15) is 0 Å². The van der Waals surface area contributed by atoms with Crippen molar-refractivity contribution in [1.82, 2.24) is 4.98 Å². The second kappa shape index (κ2) is 11.4. The van der Waals surface area contributed by atoms with E-state index < -0.39 is 41.8 Å². The van der Waals surface area contributed by atoms with Crippen molar-refractivity contribution < 1.29 is 59.6 Å². The van der Waals surface area contributed by atoms with Crippen LogP contribution in [0.1, 0.15) is 26.4 Å². The van der Waals surface area contributed by atoms with Crippen molar-refractivity contribution in [2.45, 2.75) is 19.6 Å². The normalized spacial score (nSPS) is 11.4. The Bertz CT molecular complexity index is 1360. The molecule has 3 aromatic rings. The zero-order valence-corrected chi connectivity index (χ0v) is 20.2. The van der Waals surface area contributed by atoms with E-state index in [1.807, 2.05) is 0 Å². The lowest BCUT2D eigenvalue weighted by Crippen LogP contribution is -2.19. The van der Waals surface area contributed by atoms with Crippen LogP contribution in [-0.4, -0.2) is 43.8 Å². The molecule has 0 fully saturated rings. The maximum Gasteiger partial charge on any atom is 0.573 e. The van der Waals surface area contributed by atoms with Crippen LogP contribution in [0.25, 0.3) is 0 Å². The number of amides is 1. The Morgan fingerprint density at radius 2 is 1.46 bits per heavy atom. The molecule has 0 bridgehead atoms. The first-order chi connectivity index (χ1) is 18.2. The van der Waals surface area contributed by atoms with Crippen LogP contribution in [0.3, 0.4) is 0 Å². The summed E-state index contributed by atoms with van der Waals surface area (Å²) in [6, 6.07) is 7.02. The van der Waals surface area contributed by atoms with Crippen molar-refractivity contribution in [3.63, 3.8) is 0 Å². The Morgan fingerprint density at radius 3 is 2.03 bits per heavy atom. The third-order valence-electron chi connectivity index (χ3n) is 4.74. The van der Waals surface area contributed by atoms with Crippen LogP contribution in [-0.2, 0) is 4.74 Å². The highest BCUT2D eigenvalue weighted by atomic mass is 19.4. The number of rotatable bonds is 8. The van der Waals surface area contributed by atoms with E-state index in [2.05, 4.69) is 24.5 Å². The van der Waals surface area contributed by atoms with Gasteiger partial charge >= 0.3 is 18.7 Å². The number of hydrogen-bond acceptors (Lipinski definition) is 8. The number of alkyl halides is 6. The third-order valence-corrected chi connectivity index (χ3v) is 4.74. The number of carbonyl (C=O) groups excluding carboxylic acids is 2. The highest BCUT2D eigenvalue weighted by Gasteiger charge is 2.33. The van der Waals surface area contributed by atoms with E-state index in [9.17, 15) is 35.9 Å². The smallest absolute Gasteiger partial charge is 0.493 e. The van der Waals surface area contributed by atoms with Gasteiger partial charge in [-0.05, 0) is 42.8 Å². The third kappa shape index (κ3) is 7.90. The number of methoxy groups -OCH3 is 2. The number of ether oxygens (including phenoxy) is 5. The lowest BCUT2D eigenvalue weighted by Gasteiger charge is -2.18. The molecular weight excluding hydrogens is 542 g/mol. The van der Waals surface area contributed by atoms with Crippen molar-refractivity contribution in [3.05, 3.63) is 65.5 Å². The zero-order valence-electron chi connectivity index (χ0n) is 20.2. The van der Waals surface area contributed by atoms with Gasteiger partial charge in [-0.25, -0.2) is 9.78 Å². The topological polar surface area (TPSA) is 105 Å². The summed E-state index contributed by atoms with van der Waals surface area (Å²) < 4.78 is 99.3. The average molecular weight is 560 g/mol. The number of aryl methyl sites for hydroxylation is 1. The summed E-state index contributed by atoms with van der Waals surface area (Å²) in [4.78, 5) is 28.5. The quantitative estimate of drug-likeness (QED) is 0.263. The fourth-order valence-electron chi connectivity index (χ4n) is 3.22. The van der Waals surface area contributed by atoms with E-state index in [4.69, 9.17) is 9.47 Å². The number of esters is 1. The molecule has 0 atom stereocenters. The minimum absolute atomic E-state index is 0.0145. The van der Waals surface area contributed by atoms with Gasteiger partial charge in [0.1, 0.15) is 22.9 Å². The molecule has 0 aliphatic carbocycles. The van der Waals surface area contributed by atoms with Crippen LogP contribution in [0, 0.1) is 6.92 Å². The number of aromatic nitrogens is 1. The molecule has 0 aliphatic heterocycles. The van der Waals surface area contributed by atoms with E-state index in [0.717, 1.165) is 50.7 Å². The lowest BCUT2D eigenvalue weighted by molar-refractivity contribution is -0.275. The zero-order chi connectivity index (χ0) is 29.0. The first kappa shape index (κ1) is 28.9. The summed E-state index contributed by atoms with van der Waals surface area (Å²) >= 11 is 0. The van der Waals surface area contributed by atoms with Crippen molar-refractivity contribution in [3.8, 4) is 28.7 Å². The second-order valence-corrected chi connectivity index (χ2v) is 7.50. The van der Waals surface area contributed by atoms with Gasteiger partial charge in [-0.15, -0.1) is 26.3 Å². The number of benzene rings is 2. The van der Waals surface area contributed by atoms with E-state index in [1.54, 1.807) is 0 Å². The van der Waals surface area contributed by atoms with Crippen LogP contribution in [0.15, 0.2) is 48.7 Å². The van der Waals surface area contributed by atoms with Crippen LogP contribution in [0.5, 0.6) is 28.7 Å². The van der Waals surface area contributed by atoms with Crippen LogP contribution < -0.4 is 24.3 Å². The van der Waals surface area contributed by atoms with Gasteiger partial charge in [0, 0.05) is 12.1 Å². The highest BCUT2D eigenvalue weighted by molar-refractivity contribution is 6.07. The van der Waals surface area contributed by atoms with Gasteiger partial charge in [0.2, 0.25) is 0 Å². The van der Waals surface area contributed by atoms with Crippen LogP contribution in [0.4, 0.5) is 32.0 Å². The Labute approximate surface area is 216 Å². The minimum Gasteiger partial charge on any atom is -0.493 e. The Morgan fingerprint density at radius 1 is 0.821 bits per heavy atom. The lowest BCUT2D eigenvalue weighted by atomic mass is 10.1. The molecule has 0 saturated heterocycles. The van der Waals surface area contributed by atoms with Crippen molar-refractivity contribution in [1.29, 1.82) is 0 Å². The van der Waals surface area contributed by atoms with E-state index in [-0.39, 0.29) is 34.0 Å². The molecule has 0 unspecified atom stereocenters. The average Bonchev–Trinajstić information content (AvgIpc) is 2.82. The molecule has 1 N–H and O–H groups in total. The van der Waals surface area contributed by atoms with Crippen LogP contribution in [0.2, 0.25) is 0 Å². The number of hydrogen-bond donors (Lipinski definition) is 1. The van der Waals surface area contributed by atoms with Crippen LogP contribution >= 0.6 is 0 Å². The summed E-state index contributed by atoms with van der Waals surface area (Å²) in [5.74, 6) is -3.96. The molecule has 15 heteroatoms. The van der Waals surface area contributed by atoms with E-state index >= 15 is 0 Å². The number of carbonyl (C=O) groups is 2. The summed E-state index contributed by atoms with van der Waals surface area (Å²) in [5, 5.41) is 2.47. The Hall–Kier alpha value is -4.69. The van der Waals surface area contributed by atoms with Gasteiger partial charge in [-0.1, -0.05) is 0 Å². The van der Waals surface area contributed by atoms with Gasteiger partial charge in [0.15, 0.2) is 11.5 Å². The molecule has 3 rings (SSSR count). The van der Waals surface area contributed by atoms with Crippen molar-refractivity contribution in [2.75, 3.05) is 19.5 Å². The highest BCUT2D eigenvalue weighted by Crippen LogP contribution is 2.40. The number of nitrogens with zero attached hydrogens (tertiary/aromatic N) is 1. The predicted molar refractivity (Wildman–Crippen MR) is 121 cm³/mol. The van der Waals surface area contributed by atoms with E-state index in [0.29, 0.717) is 0 Å². The molecule has 208 valence electrons. The molecule has 1 heterocycles. The molecule has 0 spiro atoms. The first-order valence-electron chi connectivity index (χ1n) is 10.6. The molecule has 2 aromatic carbocycles. The predicted octanol–water partition coefficient (Wildman–Crippen LogP) is 6.03. The van der Waals surface area contributed by atoms with Gasteiger partial charge < -0.3 is 29.0 Å². The number of halogens is 6. The summed E-state index contributed by atoms with van der Waals surface area (Å²) in [6.45, 7) is 1.31. The monoisotopic (exact) mass is 560 g/mol. The van der Waals surface area contributed by atoms with Gasteiger partial charge in [0.25, 0.3) is 5.91 Å². The first-order valence-corrected chi connectivity index (χ1v) is 10.6. The van der Waals surface area contributed by atoms with Crippen molar-refractivity contribution in [2.24, 2.45) is 0 Å². The number of pyridine rings is 1. The molecule has 0 saturated carbocycles. The second-order valence-electron chi connectivity index (χ2n) is 7.50. The summed E-state index contributed by atoms with van der Waals surface area (Å²) in [5.41, 5.74) is -0.201. The fourth-order valence-corrected chi connectivity index (χ4v) is 3.22. The molecular formula is C24H18F6N2O7. The van der Waals surface area contributed by atoms with Gasteiger partial charge in [-0.3, -0.25) is 4.79 Å². The molecule has 39 heavy (non-hydrogen) atoms. The number of anilines is 1. The maximum atomic E-state index is 13.1. The minimum atomic E-state index is -5.07. The molecule has 1 aromatic heterocycles. The Kier molecular flexibility index (Phi) is 8.42. The molecule has 9 nitrogen and oxygen atoms in total. The SMILES string of the molecule is COC(=O)c1ccc(NC(=O)c2c(C)cc(OC(F)(F)F)cc2Oc2ccc(OC(F)(F)F)cc2OC)cn1. The molecule has 0 aliphatic rings.